The molecule has 0 amide bonds. The van der Waals surface area contributed by atoms with Crippen molar-refractivity contribution in [2.75, 3.05) is 59.2 Å². The van der Waals surface area contributed by atoms with Crippen LogP contribution in [0.3, 0.4) is 0 Å². The zero-order valence-corrected chi connectivity index (χ0v) is 54.1. The zero-order valence-electron chi connectivity index (χ0n) is 50.8. The molecule has 0 aromatic rings. The first kappa shape index (κ1) is 76.3. The maximum absolute atomic E-state index is 13.5. The Bertz CT molecular complexity index is 1210. The van der Waals surface area contributed by atoms with Crippen molar-refractivity contribution < 1.29 is 38.9 Å². The first-order valence-electron chi connectivity index (χ1n) is 32.7. The standard InChI is InChI=1S/C65H124O8S4/c1-5-9-13-17-21-25-29-33-37-41-47-74-51-45-61(66)72-57-65(53-59(63(68)69)55-76-49-43-39-35-31-27-23-19-15-11-7-3,54-60(64(70)71)56-77-50-44-40-36-32-28-24-20-16-12-8-4)58-73-62(67)46-52-75-48-42-38-34-30-26-22-18-14-10-6-2/h59-60H,5-58H2,1-4H3,(H,68,69)(H,70,71). The summed E-state index contributed by atoms with van der Waals surface area (Å²) in [5.41, 5.74) is -1.17. The average Bonchev–Trinajstić information content (AvgIpc) is 3.42. The SMILES string of the molecule is CCCCCCCCCCCCSCCC(=O)OCC(COC(=O)CCSCCCCCCCCCCCC)(CC(CSCCCCCCCCCCCC)C(=O)O)CC(CSCCCCCCCCCCCC)C(=O)O. The maximum Gasteiger partial charge on any atom is 0.307 e. The summed E-state index contributed by atoms with van der Waals surface area (Å²) in [6.07, 6.45) is 51.1. The van der Waals surface area contributed by atoms with Gasteiger partial charge < -0.3 is 19.7 Å². The Kier molecular flexibility index (Phi) is 59.3. The van der Waals surface area contributed by atoms with Gasteiger partial charge in [-0.15, -0.1) is 0 Å². The molecule has 0 aliphatic heterocycles. The van der Waals surface area contributed by atoms with Gasteiger partial charge in [0.15, 0.2) is 0 Å². The Morgan fingerprint density at radius 2 is 0.545 bits per heavy atom. The summed E-state index contributed by atoms with van der Waals surface area (Å²) in [6.45, 7) is 8.67. The normalized spacial score (nSPS) is 12.5. The topological polar surface area (TPSA) is 127 Å². The number of hydrogen-bond donors (Lipinski definition) is 2. The summed E-state index contributed by atoms with van der Waals surface area (Å²) < 4.78 is 12.2. The third-order valence-electron chi connectivity index (χ3n) is 15.2. The van der Waals surface area contributed by atoms with Crippen molar-refractivity contribution in [2.45, 2.75) is 310 Å². The van der Waals surface area contributed by atoms with Crippen LogP contribution in [0.1, 0.15) is 310 Å². The second-order valence-corrected chi connectivity index (χ2v) is 27.7. The minimum atomic E-state index is -1.17. The van der Waals surface area contributed by atoms with Gasteiger partial charge in [-0.2, -0.15) is 47.0 Å². The van der Waals surface area contributed by atoms with Gasteiger partial charge in [-0.05, 0) is 61.5 Å². The van der Waals surface area contributed by atoms with E-state index in [1.807, 2.05) is 0 Å². The number of rotatable bonds is 64. The Balaban J connectivity index is 5.88. The van der Waals surface area contributed by atoms with Crippen molar-refractivity contribution in [3.8, 4) is 0 Å². The second kappa shape index (κ2) is 59.9. The molecule has 0 fully saturated rings. The third kappa shape index (κ3) is 53.1. The highest BCUT2D eigenvalue weighted by molar-refractivity contribution is 7.99. The second-order valence-electron chi connectivity index (χ2n) is 22.9. The molecule has 0 bridgehead atoms. The minimum Gasteiger partial charge on any atom is -0.481 e. The van der Waals surface area contributed by atoms with Gasteiger partial charge >= 0.3 is 23.9 Å². The van der Waals surface area contributed by atoms with Gasteiger partial charge in [0, 0.05) is 28.4 Å². The van der Waals surface area contributed by atoms with Crippen LogP contribution < -0.4 is 0 Å². The fraction of sp³-hybridized carbons (Fsp3) is 0.938. The van der Waals surface area contributed by atoms with Crippen molar-refractivity contribution in [3.05, 3.63) is 0 Å². The molecular formula is C65H124O8S4. The highest BCUT2D eigenvalue weighted by Crippen LogP contribution is 2.38. The fourth-order valence-electron chi connectivity index (χ4n) is 10.2. The van der Waals surface area contributed by atoms with Crippen molar-refractivity contribution >= 4 is 70.9 Å². The monoisotopic (exact) mass is 1160 g/mol. The zero-order chi connectivity index (χ0) is 56.4. The summed E-state index contributed by atoms with van der Waals surface area (Å²) in [6, 6.07) is 0. The van der Waals surface area contributed by atoms with E-state index in [9.17, 15) is 29.4 Å². The molecule has 12 heteroatoms. The van der Waals surface area contributed by atoms with Gasteiger partial charge in [-0.3, -0.25) is 19.2 Å². The third-order valence-corrected chi connectivity index (χ3v) is 19.8. The molecule has 2 N–H and O–H groups in total. The van der Waals surface area contributed by atoms with Crippen LogP contribution in [0.25, 0.3) is 0 Å². The van der Waals surface area contributed by atoms with Crippen LogP contribution in [0, 0.1) is 17.3 Å². The van der Waals surface area contributed by atoms with Gasteiger partial charge in [-0.25, -0.2) is 0 Å². The number of carboxylic acids is 2. The van der Waals surface area contributed by atoms with E-state index in [-0.39, 0.29) is 50.8 Å². The maximum atomic E-state index is 13.5. The van der Waals surface area contributed by atoms with Crippen LogP contribution in [-0.4, -0.2) is 93.3 Å². The quantitative estimate of drug-likeness (QED) is 0.0445. The lowest BCUT2D eigenvalue weighted by molar-refractivity contribution is -0.157. The lowest BCUT2D eigenvalue weighted by Crippen LogP contribution is -2.42. The van der Waals surface area contributed by atoms with Crippen LogP contribution in [0.4, 0.5) is 0 Å². The summed E-state index contributed by atoms with van der Waals surface area (Å²) in [5, 5.41) is 21.5. The number of carboxylic acid groups (broad SMARTS) is 2. The molecule has 8 nitrogen and oxygen atoms in total. The number of hydrogen-bond acceptors (Lipinski definition) is 10. The van der Waals surface area contributed by atoms with Crippen molar-refractivity contribution in [1.82, 2.24) is 0 Å². The molecule has 0 aliphatic rings. The molecule has 0 saturated carbocycles. The van der Waals surface area contributed by atoms with E-state index in [0.29, 0.717) is 23.0 Å². The molecule has 2 unspecified atom stereocenters. The summed E-state index contributed by atoms with van der Waals surface area (Å²) in [7, 11) is 0. The highest BCUT2D eigenvalue weighted by atomic mass is 32.2. The first-order valence-corrected chi connectivity index (χ1v) is 37.3. The molecule has 0 radical (unpaired) electrons. The lowest BCUT2D eigenvalue weighted by Gasteiger charge is -2.36. The van der Waals surface area contributed by atoms with E-state index in [1.54, 1.807) is 47.0 Å². The molecular weight excluding hydrogens is 1040 g/mol. The predicted octanol–water partition coefficient (Wildman–Crippen LogP) is 20.6. The summed E-state index contributed by atoms with van der Waals surface area (Å²) in [5.74, 6) is 1.44. The molecule has 456 valence electrons. The van der Waals surface area contributed by atoms with Crippen LogP contribution in [-0.2, 0) is 28.7 Å². The number of carbonyl (C=O) groups excluding carboxylic acids is 2. The highest BCUT2D eigenvalue weighted by Gasteiger charge is 2.42. The number of thioether (sulfide) groups is 4. The molecule has 0 spiro atoms. The molecule has 0 aliphatic carbocycles. The molecule has 0 saturated heterocycles. The van der Waals surface area contributed by atoms with E-state index >= 15 is 0 Å². The van der Waals surface area contributed by atoms with Crippen LogP contribution in [0.15, 0.2) is 0 Å². The fourth-order valence-corrected chi connectivity index (χ4v) is 14.3. The van der Waals surface area contributed by atoms with Crippen LogP contribution >= 0.6 is 47.0 Å². The van der Waals surface area contributed by atoms with Gasteiger partial charge in [0.25, 0.3) is 0 Å². The average molecular weight is 1160 g/mol. The van der Waals surface area contributed by atoms with Crippen LogP contribution in [0.5, 0.6) is 0 Å². The molecule has 0 rings (SSSR count). The van der Waals surface area contributed by atoms with Crippen LogP contribution in [0.2, 0.25) is 0 Å². The van der Waals surface area contributed by atoms with E-state index in [1.165, 1.54) is 218 Å². The van der Waals surface area contributed by atoms with Gasteiger partial charge in [0.05, 0.1) is 24.7 Å². The van der Waals surface area contributed by atoms with Gasteiger partial charge in [0.1, 0.15) is 13.2 Å². The molecule has 77 heavy (non-hydrogen) atoms. The van der Waals surface area contributed by atoms with Crippen molar-refractivity contribution in [3.63, 3.8) is 0 Å². The van der Waals surface area contributed by atoms with Crippen molar-refractivity contribution in [2.24, 2.45) is 17.3 Å². The molecule has 2 atom stereocenters. The first-order chi connectivity index (χ1) is 37.6. The lowest BCUT2D eigenvalue weighted by atomic mass is 9.74. The van der Waals surface area contributed by atoms with Crippen molar-refractivity contribution in [1.29, 1.82) is 0 Å². The molecule has 0 aromatic heterocycles. The Labute approximate surface area is 493 Å². The number of unbranched alkanes of at least 4 members (excludes halogenated alkanes) is 36. The van der Waals surface area contributed by atoms with Gasteiger partial charge in [-0.1, -0.05) is 259 Å². The van der Waals surface area contributed by atoms with E-state index in [2.05, 4.69) is 27.7 Å². The number of ether oxygens (including phenoxy) is 2. The number of aliphatic carboxylic acids is 2. The Morgan fingerprint density at radius 1 is 0.325 bits per heavy atom. The molecule has 0 heterocycles. The summed E-state index contributed by atoms with van der Waals surface area (Å²) >= 11 is 6.81. The van der Waals surface area contributed by atoms with Gasteiger partial charge in [0.2, 0.25) is 0 Å². The summed E-state index contributed by atoms with van der Waals surface area (Å²) in [4.78, 5) is 53.3. The van der Waals surface area contributed by atoms with E-state index < -0.39 is 29.2 Å². The minimum absolute atomic E-state index is 0.0712. The predicted molar refractivity (Wildman–Crippen MR) is 342 cm³/mol. The smallest absolute Gasteiger partial charge is 0.307 e. The molecule has 0 aromatic carbocycles. The number of carbonyl (C=O) groups is 4. The number of esters is 2. The van der Waals surface area contributed by atoms with E-state index in [4.69, 9.17) is 9.47 Å². The largest absolute Gasteiger partial charge is 0.481 e. The van der Waals surface area contributed by atoms with E-state index in [0.717, 1.165) is 61.5 Å². The Morgan fingerprint density at radius 3 is 0.779 bits per heavy atom. The Hall–Kier alpha value is -0.720.